The molecule has 4 rings (SSSR count). The van der Waals surface area contributed by atoms with Crippen LogP contribution in [0, 0.1) is 6.92 Å². The first-order valence-corrected chi connectivity index (χ1v) is 11.4. The van der Waals surface area contributed by atoms with Gasteiger partial charge < -0.3 is 14.7 Å². The maximum absolute atomic E-state index is 13.2. The van der Waals surface area contributed by atoms with E-state index in [9.17, 15) is 14.7 Å². The van der Waals surface area contributed by atoms with Crippen molar-refractivity contribution in [2.75, 3.05) is 0 Å². The number of ketones is 1. The highest BCUT2D eigenvalue weighted by Crippen LogP contribution is 2.43. The van der Waals surface area contributed by atoms with Gasteiger partial charge >= 0.3 is 0 Å². The molecule has 6 nitrogen and oxygen atoms in total. The number of aryl methyl sites for hydroxylation is 1. The average Bonchev–Trinajstić information content (AvgIpc) is 3.06. The van der Waals surface area contributed by atoms with Gasteiger partial charge in [0.2, 0.25) is 0 Å². The molecule has 1 saturated heterocycles. The molecule has 1 unspecified atom stereocenters. The molecule has 6 heteroatoms. The molecule has 1 saturated carbocycles. The number of aromatic nitrogens is 1. The van der Waals surface area contributed by atoms with Crippen LogP contribution < -0.4 is 4.74 Å². The Hall–Kier alpha value is -3.15. The Balaban J connectivity index is 1.81. The summed E-state index contributed by atoms with van der Waals surface area (Å²) in [6.07, 6.45) is 8.28. The number of benzene rings is 1. The van der Waals surface area contributed by atoms with Gasteiger partial charge in [0, 0.05) is 24.0 Å². The summed E-state index contributed by atoms with van der Waals surface area (Å²) in [4.78, 5) is 32.2. The van der Waals surface area contributed by atoms with Gasteiger partial charge in [0.15, 0.2) is 0 Å². The molecular weight excluding hydrogens is 404 g/mol. The standard InChI is InChI=1S/C26H30N2O4/c1-16(2)32-21-10-9-19(15-17(21)3)24(29)22-23(18-11-13-27-14-12-18)28(26(31)25(22)30)20-7-5-4-6-8-20/h9-16,20,23,29H,4-8H2,1-3H3/b24-22-. The third-order valence-corrected chi connectivity index (χ3v) is 6.28. The lowest BCUT2D eigenvalue weighted by Crippen LogP contribution is -2.40. The van der Waals surface area contributed by atoms with E-state index >= 15 is 0 Å². The number of ether oxygens (including phenoxy) is 1. The minimum Gasteiger partial charge on any atom is -0.507 e. The number of hydrogen-bond acceptors (Lipinski definition) is 5. The summed E-state index contributed by atoms with van der Waals surface area (Å²) >= 11 is 0. The first-order valence-electron chi connectivity index (χ1n) is 11.4. The Morgan fingerprint density at radius 2 is 1.78 bits per heavy atom. The molecule has 1 aromatic carbocycles. The van der Waals surface area contributed by atoms with Crippen LogP contribution in [0.2, 0.25) is 0 Å². The number of aliphatic hydroxyl groups is 1. The van der Waals surface area contributed by atoms with E-state index in [1.165, 1.54) is 0 Å². The van der Waals surface area contributed by atoms with Crippen molar-refractivity contribution in [2.24, 2.45) is 0 Å². The quantitative estimate of drug-likeness (QED) is 0.410. The van der Waals surface area contributed by atoms with E-state index in [0.29, 0.717) is 5.56 Å². The Morgan fingerprint density at radius 1 is 1.09 bits per heavy atom. The Labute approximate surface area is 188 Å². The molecular formula is C26H30N2O4. The molecule has 2 aromatic rings. The number of hydrogen-bond donors (Lipinski definition) is 1. The number of nitrogens with zero attached hydrogens (tertiary/aromatic N) is 2. The molecule has 1 aromatic heterocycles. The third-order valence-electron chi connectivity index (χ3n) is 6.28. The van der Waals surface area contributed by atoms with Gasteiger partial charge in [-0.3, -0.25) is 14.6 Å². The van der Waals surface area contributed by atoms with Crippen LogP contribution in [0.5, 0.6) is 5.75 Å². The maximum atomic E-state index is 13.2. The van der Waals surface area contributed by atoms with Crippen LogP contribution in [0.15, 0.2) is 48.3 Å². The maximum Gasteiger partial charge on any atom is 0.295 e. The molecule has 0 radical (unpaired) electrons. The summed E-state index contributed by atoms with van der Waals surface area (Å²) in [7, 11) is 0. The zero-order chi connectivity index (χ0) is 22.8. The Morgan fingerprint density at radius 3 is 2.41 bits per heavy atom. The average molecular weight is 435 g/mol. The van der Waals surface area contributed by atoms with Crippen molar-refractivity contribution in [3.8, 4) is 5.75 Å². The lowest BCUT2D eigenvalue weighted by atomic mass is 9.91. The number of aliphatic hydroxyl groups excluding tert-OH is 1. The van der Waals surface area contributed by atoms with Gasteiger partial charge in [0.05, 0.1) is 17.7 Å². The fourth-order valence-electron chi connectivity index (χ4n) is 4.80. The van der Waals surface area contributed by atoms with Gasteiger partial charge in [-0.1, -0.05) is 19.3 Å². The molecule has 1 aliphatic carbocycles. The second kappa shape index (κ2) is 9.15. The van der Waals surface area contributed by atoms with Crippen LogP contribution in [0.4, 0.5) is 0 Å². The van der Waals surface area contributed by atoms with Gasteiger partial charge in [0.25, 0.3) is 11.7 Å². The van der Waals surface area contributed by atoms with Crippen molar-refractivity contribution >= 4 is 17.4 Å². The van der Waals surface area contributed by atoms with E-state index in [0.717, 1.165) is 49.0 Å². The number of pyridine rings is 1. The summed E-state index contributed by atoms with van der Waals surface area (Å²) in [5, 5.41) is 11.3. The largest absolute Gasteiger partial charge is 0.507 e. The molecule has 2 aliphatic rings. The summed E-state index contributed by atoms with van der Waals surface area (Å²) in [6.45, 7) is 5.80. The summed E-state index contributed by atoms with van der Waals surface area (Å²) in [5.41, 5.74) is 2.27. The number of rotatable bonds is 5. The van der Waals surface area contributed by atoms with Crippen molar-refractivity contribution < 1.29 is 19.4 Å². The van der Waals surface area contributed by atoms with E-state index in [1.54, 1.807) is 35.5 Å². The molecule has 32 heavy (non-hydrogen) atoms. The van der Waals surface area contributed by atoms with E-state index in [2.05, 4.69) is 4.98 Å². The molecule has 0 spiro atoms. The predicted octanol–water partition coefficient (Wildman–Crippen LogP) is 4.93. The van der Waals surface area contributed by atoms with Crippen molar-refractivity contribution in [3.63, 3.8) is 0 Å². The Bertz CT molecular complexity index is 1040. The highest BCUT2D eigenvalue weighted by molar-refractivity contribution is 6.46. The second-order valence-corrected chi connectivity index (χ2v) is 8.93. The monoisotopic (exact) mass is 434 g/mol. The van der Waals surface area contributed by atoms with E-state index in [4.69, 9.17) is 4.74 Å². The van der Waals surface area contributed by atoms with Crippen LogP contribution >= 0.6 is 0 Å². The number of likely N-dealkylation sites (tertiary alicyclic amines) is 1. The van der Waals surface area contributed by atoms with Gasteiger partial charge in [0.1, 0.15) is 11.5 Å². The molecule has 1 aliphatic heterocycles. The summed E-state index contributed by atoms with van der Waals surface area (Å²) in [5.74, 6) is -0.584. The van der Waals surface area contributed by atoms with E-state index in [-0.39, 0.29) is 23.5 Å². The van der Waals surface area contributed by atoms with Gasteiger partial charge in [-0.05, 0) is 75.1 Å². The Kier molecular flexibility index (Phi) is 6.31. The lowest BCUT2D eigenvalue weighted by molar-refractivity contribution is -0.141. The topological polar surface area (TPSA) is 79.7 Å². The fourth-order valence-corrected chi connectivity index (χ4v) is 4.80. The number of carbonyl (C=O) groups excluding carboxylic acids is 2. The molecule has 1 N–H and O–H groups in total. The number of amides is 1. The molecule has 2 fully saturated rings. The molecule has 1 amide bonds. The zero-order valence-electron chi connectivity index (χ0n) is 18.9. The second-order valence-electron chi connectivity index (χ2n) is 8.93. The first kappa shape index (κ1) is 22.1. The molecule has 1 atom stereocenters. The summed E-state index contributed by atoms with van der Waals surface area (Å²) in [6, 6.07) is 8.32. The minimum atomic E-state index is -0.630. The van der Waals surface area contributed by atoms with Crippen molar-refractivity contribution in [1.82, 2.24) is 9.88 Å². The fraction of sp³-hybridized carbons (Fsp3) is 0.423. The summed E-state index contributed by atoms with van der Waals surface area (Å²) < 4.78 is 5.80. The van der Waals surface area contributed by atoms with E-state index < -0.39 is 17.7 Å². The SMILES string of the molecule is Cc1cc(/C(O)=C2/C(=O)C(=O)N(C3CCCCC3)C2c2ccncc2)ccc1OC(C)C. The minimum absolute atomic E-state index is 0.00720. The third kappa shape index (κ3) is 4.14. The lowest BCUT2D eigenvalue weighted by Gasteiger charge is -2.35. The van der Waals surface area contributed by atoms with Gasteiger partial charge in [-0.15, -0.1) is 0 Å². The molecule has 2 heterocycles. The van der Waals surface area contributed by atoms with Crippen LogP contribution in [0.1, 0.15) is 68.7 Å². The highest BCUT2D eigenvalue weighted by Gasteiger charge is 2.48. The van der Waals surface area contributed by atoms with Crippen LogP contribution in [0.25, 0.3) is 5.76 Å². The predicted molar refractivity (Wildman–Crippen MR) is 122 cm³/mol. The van der Waals surface area contributed by atoms with Crippen molar-refractivity contribution in [1.29, 1.82) is 0 Å². The van der Waals surface area contributed by atoms with Gasteiger partial charge in [-0.2, -0.15) is 0 Å². The normalized spacial score (nSPS) is 21.4. The number of Topliss-reactive ketones (excluding diaryl/α,β-unsaturated/α-hetero) is 1. The van der Waals surface area contributed by atoms with Crippen molar-refractivity contribution in [3.05, 3.63) is 65.0 Å². The van der Waals surface area contributed by atoms with Crippen molar-refractivity contribution in [2.45, 2.75) is 71.1 Å². The smallest absolute Gasteiger partial charge is 0.295 e. The van der Waals surface area contributed by atoms with Crippen LogP contribution in [0.3, 0.4) is 0 Å². The first-order chi connectivity index (χ1) is 15.4. The van der Waals surface area contributed by atoms with Crippen LogP contribution in [-0.4, -0.2) is 38.8 Å². The van der Waals surface area contributed by atoms with E-state index in [1.807, 2.05) is 32.9 Å². The number of carbonyl (C=O) groups is 2. The zero-order valence-corrected chi connectivity index (χ0v) is 18.9. The van der Waals surface area contributed by atoms with Gasteiger partial charge in [-0.25, -0.2) is 0 Å². The molecule has 168 valence electrons. The highest BCUT2D eigenvalue weighted by atomic mass is 16.5. The molecule has 0 bridgehead atoms. The van der Waals surface area contributed by atoms with Crippen LogP contribution in [-0.2, 0) is 9.59 Å².